The summed E-state index contributed by atoms with van der Waals surface area (Å²) in [6.45, 7) is 2.98. The maximum atomic E-state index is 9.02. The zero-order chi connectivity index (χ0) is 14.9. The predicted molar refractivity (Wildman–Crippen MR) is 88.4 cm³/mol. The largest absolute Gasteiger partial charge is 0.353 e. The normalized spacial score (nSPS) is 19.8. The highest BCUT2D eigenvalue weighted by Gasteiger charge is 2.28. The molecule has 8 heteroatoms. The molecule has 0 spiro atoms. The van der Waals surface area contributed by atoms with Crippen molar-refractivity contribution < 1.29 is 0 Å². The molecular weight excluding hydrogens is 431 g/mol. The maximum absolute atomic E-state index is 9.02. The fourth-order valence-electron chi connectivity index (χ4n) is 2.21. The second-order valence-corrected chi connectivity index (χ2v) is 7.19. The third-order valence-electron chi connectivity index (χ3n) is 3.16. The van der Waals surface area contributed by atoms with E-state index in [1.807, 2.05) is 6.07 Å². The zero-order valence-electron chi connectivity index (χ0n) is 10.5. The zero-order valence-corrected chi connectivity index (χ0v) is 15.2. The van der Waals surface area contributed by atoms with E-state index in [0.717, 1.165) is 19.4 Å². The molecule has 0 radical (unpaired) electrons. The summed E-state index contributed by atoms with van der Waals surface area (Å²) in [5.41, 5.74) is 0.598. The Morgan fingerprint density at radius 1 is 1.45 bits per heavy atom. The highest BCUT2D eigenvalue weighted by atomic mass is 79.9. The summed E-state index contributed by atoms with van der Waals surface area (Å²) in [7, 11) is 0. The molecule has 1 aromatic rings. The number of halogens is 4. The van der Waals surface area contributed by atoms with Crippen molar-refractivity contribution in [3.8, 4) is 6.07 Å². The van der Waals surface area contributed by atoms with Crippen LogP contribution in [0.4, 0.5) is 5.82 Å². The van der Waals surface area contributed by atoms with E-state index in [2.05, 4.69) is 53.7 Å². The lowest BCUT2D eigenvalue weighted by molar-refractivity contribution is 0.724. The summed E-state index contributed by atoms with van der Waals surface area (Å²) < 4.78 is 0.948. The van der Waals surface area contributed by atoms with E-state index in [4.69, 9.17) is 28.5 Å². The molecule has 106 valence electrons. The second-order valence-electron chi connectivity index (χ2n) is 4.41. The van der Waals surface area contributed by atoms with E-state index in [1.165, 1.54) is 0 Å². The van der Waals surface area contributed by atoms with Crippen LogP contribution in [0, 0.1) is 11.3 Å². The van der Waals surface area contributed by atoms with Gasteiger partial charge in [0.1, 0.15) is 17.0 Å². The Morgan fingerprint density at radius 3 is 2.65 bits per heavy atom. The van der Waals surface area contributed by atoms with Crippen LogP contribution in [0.15, 0.2) is 3.94 Å². The van der Waals surface area contributed by atoms with Gasteiger partial charge in [-0.15, -0.1) is 0 Å². The van der Waals surface area contributed by atoms with Gasteiger partial charge in [0.15, 0.2) is 0 Å². The topological polar surface area (TPSA) is 52.8 Å². The first kappa shape index (κ1) is 16.0. The molecule has 1 aliphatic rings. The predicted octanol–water partition coefficient (Wildman–Crippen LogP) is 4.65. The third-order valence-corrected chi connectivity index (χ3v) is 5.57. The number of anilines is 1. The highest BCUT2D eigenvalue weighted by molar-refractivity contribution is 9.17. The van der Waals surface area contributed by atoms with E-state index in [0.29, 0.717) is 25.8 Å². The Bertz CT molecular complexity index is 608. The molecule has 2 heterocycles. The molecule has 0 aliphatic carbocycles. The quantitative estimate of drug-likeness (QED) is 0.628. The molecule has 1 saturated heterocycles. The van der Waals surface area contributed by atoms with Crippen LogP contribution in [0.1, 0.15) is 31.2 Å². The van der Waals surface area contributed by atoms with Crippen LogP contribution in [0.3, 0.4) is 0 Å². The van der Waals surface area contributed by atoms with Gasteiger partial charge in [0.2, 0.25) is 5.82 Å². The first-order chi connectivity index (χ1) is 9.45. The van der Waals surface area contributed by atoms with Gasteiger partial charge in [0.25, 0.3) is 0 Å². The minimum atomic E-state index is 0.0545. The molecule has 2 rings (SSSR count). The lowest BCUT2D eigenvalue weighted by Crippen LogP contribution is -2.28. The Kier molecular flexibility index (Phi) is 5.30. The van der Waals surface area contributed by atoms with Gasteiger partial charge in [-0.25, -0.2) is 9.97 Å². The van der Waals surface area contributed by atoms with Crippen LogP contribution in [0.25, 0.3) is 4.48 Å². The van der Waals surface area contributed by atoms with Crippen molar-refractivity contribution in [3.05, 3.63) is 20.5 Å². The fourth-order valence-corrected chi connectivity index (χ4v) is 3.24. The number of nitrogens with zero attached hydrogens (tertiary/aromatic N) is 4. The van der Waals surface area contributed by atoms with E-state index in [1.54, 1.807) is 0 Å². The summed E-state index contributed by atoms with van der Waals surface area (Å²) in [5, 5.41) is 9.23. The van der Waals surface area contributed by atoms with E-state index >= 15 is 0 Å². The molecule has 1 fully saturated rings. The molecule has 0 N–H and O–H groups in total. The fraction of sp³-hybridized carbons (Fsp3) is 0.417. The molecule has 1 aliphatic heterocycles. The number of hydrogen-bond donors (Lipinski definition) is 0. The number of rotatable bonds is 2. The van der Waals surface area contributed by atoms with Gasteiger partial charge >= 0.3 is 0 Å². The van der Waals surface area contributed by atoms with Crippen LogP contribution in [0.5, 0.6) is 0 Å². The van der Waals surface area contributed by atoms with Crippen molar-refractivity contribution in [3.63, 3.8) is 0 Å². The Labute approximate surface area is 144 Å². The van der Waals surface area contributed by atoms with Gasteiger partial charge < -0.3 is 4.90 Å². The first-order valence-electron chi connectivity index (χ1n) is 5.91. The number of hydrogen-bond acceptors (Lipinski definition) is 4. The first-order valence-corrected chi connectivity index (χ1v) is 8.25. The third kappa shape index (κ3) is 3.11. The molecule has 0 bridgehead atoms. The van der Waals surface area contributed by atoms with Crippen molar-refractivity contribution in [2.24, 2.45) is 0 Å². The SMILES string of the molecule is CC1CCCN1c1nc(C#N)nc(Cl)c1C(Br)=C(Cl)Br. The number of aromatic nitrogens is 2. The van der Waals surface area contributed by atoms with Gasteiger partial charge in [-0.05, 0) is 51.6 Å². The highest BCUT2D eigenvalue weighted by Crippen LogP contribution is 2.41. The Morgan fingerprint density at radius 2 is 2.15 bits per heavy atom. The molecule has 20 heavy (non-hydrogen) atoms. The van der Waals surface area contributed by atoms with E-state index in [-0.39, 0.29) is 11.0 Å². The van der Waals surface area contributed by atoms with Gasteiger partial charge in [-0.2, -0.15) is 5.26 Å². The summed E-state index contributed by atoms with van der Waals surface area (Å²) in [4.78, 5) is 10.4. The summed E-state index contributed by atoms with van der Waals surface area (Å²) in [5.74, 6) is 0.690. The molecule has 1 atom stereocenters. The molecule has 0 saturated carbocycles. The van der Waals surface area contributed by atoms with Crippen LogP contribution < -0.4 is 4.90 Å². The average Bonchev–Trinajstić information content (AvgIpc) is 2.83. The molecule has 1 unspecified atom stereocenters. The lowest BCUT2D eigenvalue weighted by atomic mass is 10.2. The Balaban J connectivity index is 2.66. The summed E-state index contributed by atoms with van der Waals surface area (Å²) >= 11 is 18.8. The van der Waals surface area contributed by atoms with Gasteiger partial charge in [0.05, 0.1) is 14.0 Å². The molecular formula is C12H10Br2Cl2N4. The minimum Gasteiger partial charge on any atom is -0.353 e. The van der Waals surface area contributed by atoms with Crippen molar-refractivity contribution in [2.45, 2.75) is 25.8 Å². The summed E-state index contributed by atoms with van der Waals surface area (Å²) in [6, 6.07) is 2.27. The minimum absolute atomic E-state index is 0.0545. The van der Waals surface area contributed by atoms with Gasteiger partial charge in [0, 0.05) is 12.6 Å². The van der Waals surface area contributed by atoms with Gasteiger partial charge in [-0.3, -0.25) is 0 Å². The lowest BCUT2D eigenvalue weighted by Gasteiger charge is -2.25. The Hall–Kier alpha value is -0.350. The molecule has 1 aromatic heterocycles. The molecule has 0 amide bonds. The van der Waals surface area contributed by atoms with Crippen LogP contribution in [-0.2, 0) is 0 Å². The standard InChI is InChI=1S/C12H10Br2Cl2N4/c1-6-3-2-4-20(6)12-8(9(13)10(14)15)11(16)18-7(5-17)19-12/h6H,2-4H2,1H3. The van der Waals surface area contributed by atoms with E-state index < -0.39 is 0 Å². The van der Waals surface area contributed by atoms with Crippen LogP contribution in [0.2, 0.25) is 5.15 Å². The smallest absolute Gasteiger partial charge is 0.235 e. The van der Waals surface area contributed by atoms with Crippen molar-refractivity contribution in [2.75, 3.05) is 11.4 Å². The van der Waals surface area contributed by atoms with Crippen molar-refractivity contribution >= 4 is 65.4 Å². The molecule has 4 nitrogen and oxygen atoms in total. The maximum Gasteiger partial charge on any atom is 0.235 e. The van der Waals surface area contributed by atoms with Gasteiger partial charge in [-0.1, -0.05) is 23.2 Å². The van der Waals surface area contributed by atoms with Crippen molar-refractivity contribution in [1.82, 2.24) is 9.97 Å². The van der Waals surface area contributed by atoms with Crippen molar-refractivity contribution in [1.29, 1.82) is 5.26 Å². The summed E-state index contributed by atoms with van der Waals surface area (Å²) in [6.07, 6.45) is 2.15. The van der Waals surface area contributed by atoms with E-state index in [9.17, 15) is 0 Å². The second kappa shape index (κ2) is 6.61. The average molecular weight is 441 g/mol. The monoisotopic (exact) mass is 438 g/mol. The number of nitriles is 1. The van der Waals surface area contributed by atoms with Crippen LogP contribution >= 0.6 is 55.1 Å². The van der Waals surface area contributed by atoms with Crippen LogP contribution in [-0.4, -0.2) is 22.6 Å². The molecule has 0 aromatic carbocycles.